The molecule has 0 spiro atoms. The number of pyridine rings is 2. The van der Waals surface area contributed by atoms with Gasteiger partial charge in [-0.3, -0.25) is 9.78 Å². The smallest absolute Gasteiger partial charge is 0.266 e. The van der Waals surface area contributed by atoms with Crippen LogP contribution < -0.4 is 5.43 Å². The van der Waals surface area contributed by atoms with Crippen LogP contribution in [0.5, 0.6) is 0 Å². The Kier molecular flexibility index (Phi) is 3.87. The van der Waals surface area contributed by atoms with E-state index in [-0.39, 0.29) is 5.91 Å². The summed E-state index contributed by atoms with van der Waals surface area (Å²) in [5.74, 6) is -0.352. The molecule has 5 heteroatoms. The summed E-state index contributed by atoms with van der Waals surface area (Å²) >= 11 is 0. The molecule has 0 atom stereocenters. The van der Waals surface area contributed by atoms with E-state index < -0.39 is 0 Å². The summed E-state index contributed by atoms with van der Waals surface area (Å²) in [4.78, 5) is 20.6. The minimum absolute atomic E-state index is 0.327. The fourth-order valence-corrected chi connectivity index (χ4v) is 2.04. The van der Waals surface area contributed by atoms with Crippen molar-refractivity contribution in [1.82, 2.24) is 15.4 Å². The van der Waals surface area contributed by atoms with Gasteiger partial charge in [0.1, 0.15) is 5.69 Å². The molecule has 2 heterocycles. The van der Waals surface area contributed by atoms with Gasteiger partial charge < -0.3 is 0 Å². The highest BCUT2D eigenvalue weighted by Crippen LogP contribution is 2.11. The van der Waals surface area contributed by atoms with Gasteiger partial charge in [0.05, 0.1) is 17.4 Å². The molecule has 0 fully saturated rings. The van der Waals surface area contributed by atoms with Gasteiger partial charge in [-0.1, -0.05) is 30.3 Å². The first-order valence-corrected chi connectivity index (χ1v) is 6.85. The summed E-state index contributed by atoms with van der Waals surface area (Å²) in [6, 6.07) is 16.8. The quantitative estimate of drug-likeness (QED) is 0.595. The summed E-state index contributed by atoms with van der Waals surface area (Å²) in [7, 11) is 0. The Balaban J connectivity index is 1.73. The number of benzene rings is 1. The molecular formula is C17H14N4O. The highest BCUT2D eigenvalue weighted by atomic mass is 16.2. The van der Waals surface area contributed by atoms with Crippen molar-refractivity contribution in [3.05, 3.63) is 71.7 Å². The Hall–Kier alpha value is -3.08. The van der Waals surface area contributed by atoms with Crippen LogP contribution in [0.25, 0.3) is 10.9 Å². The van der Waals surface area contributed by atoms with Crippen LogP contribution in [0.15, 0.2) is 59.7 Å². The molecule has 0 aliphatic heterocycles. The van der Waals surface area contributed by atoms with E-state index in [0.717, 1.165) is 16.6 Å². The van der Waals surface area contributed by atoms with E-state index in [2.05, 4.69) is 20.5 Å². The lowest BCUT2D eigenvalue weighted by molar-refractivity contribution is 0.0950. The van der Waals surface area contributed by atoms with E-state index in [1.165, 1.54) is 6.21 Å². The average Bonchev–Trinajstić information content (AvgIpc) is 2.54. The van der Waals surface area contributed by atoms with Crippen molar-refractivity contribution in [1.29, 1.82) is 0 Å². The Labute approximate surface area is 127 Å². The third-order valence-electron chi connectivity index (χ3n) is 3.10. The van der Waals surface area contributed by atoms with Crippen LogP contribution in [0.4, 0.5) is 0 Å². The third kappa shape index (κ3) is 3.15. The molecule has 5 nitrogen and oxygen atoms in total. The second kappa shape index (κ2) is 6.13. The maximum atomic E-state index is 12.0. The molecule has 0 saturated carbocycles. The fraction of sp³-hybridized carbons (Fsp3) is 0.0588. The van der Waals surface area contributed by atoms with Crippen LogP contribution in [0.2, 0.25) is 0 Å². The molecule has 22 heavy (non-hydrogen) atoms. The monoisotopic (exact) mass is 290 g/mol. The second-order valence-electron chi connectivity index (χ2n) is 4.79. The number of hydrogen-bond acceptors (Lipinski definition) is 4. The Bertz CT molecular complexity index is 858. The Morgan fingerprint density at radius 3 is 2.77 bits per heavy atom. The van der Waals surface area contributed by atoms with Crippen molar-refractivity contribution >= 4 is 23.0 Å². The Morgan fingerprint density at radius 1 is 1.05 bits per heavy atom. The molecular weight excluding hydrogens is 276 g/mol. The van der Waals surface area contributed by atoms with Crippen LogP contribution in [0.3, 0.4) is 0 Å². The number of aryl methyl sites for hydroxylation is 1. The van der Waals surface area contributed by atoms with Gasteiger partial charge >= 0.3 is 0 Å². The summed E-state index contributed by atoms with van der Waals surface area (Å²) in [6.45, 7) is 1.90. The first-order chi connectivity index (χ1) is 10.7. The molecule has 108 valence electrons. The van der Waals surface area contributed by atoms with Crippen molar-refractivity contribution in [3.63, 3.8) is 0 Å². The van der Waals surface area contributed by atoms with Gasteiger partial charge in [-0.05, 0) is 31.2 Å². The van der Waals surface area contributed by atoms with E-state index in [9.17, 15) is 4.79 Å². The molecule has 0 radical (unpaired) electrons. The number of carbonyl (C=O) groups is 1. The number of nitrogens with one attached hydrogen (secondary N) is 1. The lowest BCUT2D eigenvalue weighted by atomic mass is 10.2. The SMILES string of the molecule is Cc1cccc(C=NNC(=O)c2ccc3ccccc3n2)n1. The highest BCUT2D eigenvalue weighted by Gasteiger charge is 2.06. The number of para-hydroxylation sites is 1. The third-order valence-corrected chi connectivity index (χ3v) is 3.10. The van der Waals surface area contributed by atoms with Gasteiger partial charge in [-0.2, -0.15) is 5.10 Å². The van der Waals surface area contributed by atoms with E-state index in [1.54, 1.807) is 6.07 Å². The fourth-order valence-electron chi connectivity index (χ4n) is 2.04. The first kappa shape index (κ1) is 13.9. The highest BCUT2D eigenvalue weighted by molar-refractivity contribution is 5.95. The second-order valence-corrected chi connectivity index (χ2v) is 4.79. The van der Waals surface area contributed by atoms with Gasteiger partial charge in [0.25, 0.3) is 5.91 Å². The number of hydrogen-bond donors (Lipinski definition) is 1. The standard InChI is InChI=1S/C17H14N4O/c1-12-5-4-7-14(19-12)11-18-21-17(22)16-10-9-13-6-2-3-8-15(13)20-16/h2-11H,1H3,(H,21,22). The number of aromatic nitrogens is 2. The van der Waals surface area contributed by atoms with E-state index in [4.69, 9.17) is 0 Å². The van der Waals surface area contributed by atoms with E-state index in [0.29, 0.717) is 11.4 Å². The van der Waals surface area contributed by atoms with Gasteiger partial charge in [0.15, 0.2) is 0 Å². The van der Waals surface area contributed by atoms with Crippen molar-refractivity contribution in [2.45, 2.75) is 6.92 Å². The van der Waals surface area contributed by atoms with E-state index in [1.807, 2.05) is 55.5 Å². The van der Waals surface area contributed by atoms with Gasteiger partial charge in [0, 0.05) is 11.1 Å². The molecule has 3 rings (SSSR count). The van der Waals surface area contributed by atoms with Gasteiger partial charge in [-0.15, -0.1) is 0 Å². The number of rotatable bonds is 3. The lowest BCUT2D eigenvalue weighted by Crippen LogP contribution is -2.19. The van der Waals surface area contributed by atoms with Gasteiger partial charge in [0.2, 0.25) is 0 Å². The van der Waals surface area contributed by atoms with Crippen LogP contribution in [0, 0.1) is 6.92 Å². The van der Waals surface area contributed by atoms with E-state index >= 15 is 0 Å². The van der Waals surface area contributed by atoms with Crippen LogP contribution >= 0.6 is 0 Å². The molecule has 0 bridgehead atoms. The number of amides is 1. The molecule has 0 aliphatic carbocycles. The molecule has 1 N–H and O–H groups in total. The summed E-state index contributed by atoms with van der Waals surface area (Å²) < 4.78 is 0. The van der Waals surface area contributed by atoms with Gasteiger partial charge in [-0.25, -0.2) is 10.4 Å². The average molecular weight is 290 g/mol. The number of nitrogens with zero attached hydrogens (tertiary/aromatic N) is 3. The molecule has 0 saturated heterocycles. The zero-order valence-corrected chi connectivity index (χ0v) is 12.0. The maximum absolute atomic E-state index is 12.0. The molecule has 3 aromatic rings. The minimum Gasteiger partial charge on any atom is -0.266 e. The predicted octanol–water partition coefficient (Wildman–Crippen LogP) is 2.70. The van der Waals surface area contributed by atoms with Crippen LogP contribution in [0.1, 0.15) is 21.9 Å². The number of hydrazone groups is 1. The van der Waals surface area contributed by atoms with Crippen molar-refractivity contribution < 1.29 is 4.79 Å². The first-order valence-electron chi connectivity index (χ1n) is 6.85. The lowest BCUT2D eigenvalue weighted by Gasteiger charge is -2.01. The zero-order valence-electron chi connectivity index (χ0n) is 12.0. The van der Waals surface area contributed by atoms with Crippen LogP contribution in [-0.4, -0.2) is 22.1 Å². The predicted molar refractivity (Wildman–Crippen MR) is 85.8 cm³/mol. The summed E-state index contributed by atoms with van der Waals surface area (Å²) in [5.41, 5.74) is 5.15. The minimum atomic E-state index is -0.352. The van der Waals surface area contributed by atoms with Crippen molar-refractivity contribution in [2.75, 3.05) is 0 Å². The van der Waals surface area contributed by atoms with Crippen LogP contribution in [-0.2, 0) is 0 Å². The number of carbonyl (C=O) groups excluding carboxylic acids is 1. The molecule has 1 aromatic carbocycles. The summed E-state index contributed by atoms with van der Waals surface area (Å²) in [5, 5.41) is 4.90. The maximum Gasteiger partial charge on any atom is 0.289 e. The Morgan fingerprint density at radius 2 is 1.91 bits per heavy atom. The topological polar surface area (TPSA) is 67.2 Å². The molecule has 1 amide bonds. The normalized spacial score (nSPS) is 11.0. The number of fused-ring (bicyclic) bond motifs is 1. The van der Waals surface area contributed by atoms with Crippen molar-refractivity contribution in [3.8, 4) is 0 Å². The summed E-state index contributed by atoms with van der Waals surface area (Å²) in [6.07, 6.45) is 1.51. The molecule has 0 aliphatic rings. The zero-order chi connectivity index (χ0) is 15.4. The van der Waals surface area contributed by atoms with Crippen molar-refractivity contribution in [2.24, 2.45) is 5.10 Å². The molecule has 2 aromatic heterocycles. The molecule has 0 unspecified atom stereocenters. The largest absolute Gasteiger partial charge is 0.289 e.